The maximum atomic E-state index is 13.9. The second-order valence-electron chi connectivity index (χ2n) is 5.12. The van der Waals surface area contributed by atoms with Crippen molar-refractivity contribution in [1.29, 1.82) is 0 Å². The van der Waals surface area contributed by atoms with Gasteiger partial charge in [-0.3, -0.25) is 4.79 Å². The number of carbonyl (C=O) groups is 1. The van der Waals surface area contributed by atoms with E-state index in [0.29, 0.717) is 5.56 Å². The second-order valence-corrected chi connectivity index (χ2v) is 5.12. The van der Waals surface area contributed by atoms with Gasteiger partial charge in [-0.15, -0.1) is 0 Å². The number of hydrogen-bond acceptors (Lipinski definition) is 1. The molecule has 1 aliphatic rings. The largest absolute Gasteiger partial charge is 0.481 e. The Labute approximate surface area is 107 Å². The van der Waals surface area contributed by atoms with Crippen LogP contribution in [0.25, 0.3) is 0 Å². The lowest BCUT2D eigenvalue weighted by Crippen LogP contribution is -2.17. The number of carboxylic acid groups (broad SMARTS) is 1. The predicted molar refractivity (Wildman–Crippen MR) is 68.0 cm³/mol. The normalized spacial score (nSPS) is 24.5. The average Bonchev–Trinajstić information content (AvgIpc) is 2.55. The van der Waals surface area contributed by atoms with Gasteiger partial charge in [0, 0.05) is 6.42 Å². The summed E-state index contributed by atoms with van der Waals surface area (Å²) in [6, 6.07) is 6.79. The van der Waals surface area contributed by atoms with Crippen molar-refractivity contribution in [1.82, 2.24) is 0 Å². The Kier molecular flexibility index (Phi) is 4.34. The Morgan fingerprint density at radius 1 is 1.22 bits per heavy atom. The average molecular weight is 250 g/mol. The summed E-state index contributed by atoms with van der Waals surface area (Å²) < 4.78 is 13.9. The number of benzene rings is 1. The van der Waals surface area contributed by atoms with Crippen molar-refractivity contribution in [2.45, 2.75) is 44.4 Å². The molecule has 0 spiro atoms. The van der Waals surface area contributed by atoms with Gasteiger partial charge in [-0.2, -0.15) is 0 Å². The van der Waals surface area contributed by atoms with Gasteiger partial charge in [-0.1, -0.05) is 37.5 Å². The SMILES string of the molecule is O=C(O)CC1CCCCCC1c1ccccc1F. The molecule has 0 saturated heterocycles. The molecule has 1 aromatic rings. The van der Waals surface area contributed by atoms with Gasteiger partial charge in [-0.25, -0.2) is 4.39 Å². The first-order valence-electron chi connectivity index (χ1n) is 6.64. The summed E-state index contributed by atoms with van der Waals surface area (Å²) in [4.78, 5) is 10.9. The summed E-state index contributed by atoms with van der Waals surface area (Å²) in [6.07, 6.45) is 5.20. The smallest absolute Gasteiger partial charge is 0.303 e. The molecule has 0 aliphatic heterocycles. The quantitative estimate of drug-likeness (QED) is 0.824. The van der Waals surface area contributed by atoms with E-state index >= 15 is 0 Å². The van der Waals surface area contributed by atoms with Gasteiger partial charge in [0.2, 0.25) is 0 Å². The minimum absolute atomic E-state index is 0.0600. The molecule has 0 bridgehead atoms. The van der Waals surface area contributed by atoms with E-state index in [1.807, 2.05) is 6.07 Å². The zero-order valence-electron chi connectivity index (χ0n) is 10.4. The Morgan fingerprint density at radius 2 is 1.94 bits per heavy atom. The van der Waals surface area contributed by atoms with Crippen LogP contribution < -0.4 is 0 Å². The van der Waals surface area contributed by atoms with Crippen molar-refractivity contribution in [2.75, 3.05) is 0 Å². The number of hydrogen-bond donors (Lipinski definition) is 1. The molecule has 0 amide bonds. The molecule has 1 N–H and O–H groups in total. The molecule has 3 heteroatoms. The highest BCUT2D eigenvalue weighted by Crippen LogP contribution is 2.39. The molecule has 2 unspecified atom stereocenters. The molecule has 0 heterocycles. The molecule has 2 nitrogen and oxygen atoms in total. The van der Waals surface area contributed by atoms with E-state index in [1.165, 1.54) is 6.07 Å². The van der Waals surface area contributed by atoms with Gasteiger partial charge in [0.1, 0.15) is 5.82 Å². The van der Waals surface area contributed by atoms with Crippen LogP contribution in [0.4, 0.5) is 4.39 Å². The van der Waals surface area contributed by atoms with E-state index in [-0.39, 0.29) is 24.1 Å². The number of aliphatic carboxylic acids is 1. The summed E-state index contributed by atoms with van der Waals surface area (Å²) >= 11 is 0. The third-order valence-electron chi connectivity index (χ3n) is 3.90. The summed E-state index contributed by atoms with van der Waals surface area (Å²) in [5.74, 6) is -0.838. The van der Waals surface area contributed by atoms with Crippen LogP contribution in [-0.4, -0.2) is 11.1 Å². The van der Waals surface area contributed by atoms with Crippen LogP contribution in [0.5, 0.6) is 0 Å². The maximum Gasteiger partial charge on any atom is 0.303 e. The van der Waals surface area contributed by atoms with E-state index < -0.39 is 5.97 Å². The molecular weight excluding hydrogens is 231 g/mol. The molecule has 1 fully saturated rings. The van der Waals surface area contributed by atoms with Gasteiger partial charge in [0.25, 0.3) is 0 Å². The number of carboxylic acids is 1. The van der Waals surface area contributed by atoms with Crippen LogP contribution in [0.15, 0.2) is 24.3 Å². The highest BCUT2D eigenvalue weighted by atomic mass is 19.1. The molecule has 1 aromatic carbocycles. The zero-order chi connectivity index (χ0) is 13.0. The van der Waals surface area contributed by atoms with Gasteiger partial charge in [0.05, 0.1) is 0 Å². The molecular formula is C15H19FO2. The van der Waals surface area contributed by atoms with Gasteiger partial charge in [-0.05, 0) is 36.3 Å². The maximum absolute atomic E-state index is 13.9. The standard InChI is InChI=1S/C15H19FO2/c16-14-9-5-4-8-13(14)12-7-3-1-2-6-11(12)10-15(17)18/h4-5,8-9,11-12H,1-3,6-7,10H2,(H,17,18). The van der Waals surface area contributed by atoms with Crippen LogP contribution >= 0.6 is 0 Å². The molecule has 1 aliphatic carbocycles. The van der Waals surface area contributed by atoms with Crippen molar-refractivity contribution in [3.05, 3.63) is 35.6 Å². The molecule has 18 heavy (non-hydrogen) atoms. The Balaban J connectivity index is 2.25. The summed E-state index contributed by atoms with van der Waals surface area (Å²) in [7, 11) is 0. The lowest BCUT2D eigenvalue weighted by Gasteiger charge is -2.24. The Bertz CT molecular complexity index is 417. The van der Waals surface area contributed by atoms with Gasteiger partial charge >= 0.3 is 5.97 Å². The van der Waals surface area contributed by atoms with E-state index in [4.69, 9.17) is 5.11 Å². The van der Waals surface area contributed by atoms with Gasteiger partial charge in [0.15, 0.2) is 0 Å². The minimum Gasteiger partial charge on any atom is -0.481 e. The van der Waals surface area contributed by atoms with Crippen LogP contribution in [0.3, 0.4) is 0 Å². The van der Waals surface area contributed by atoms with Crippen LogP contribution in [0.1, 0.15) is 50.0 Å². The third-order valence-corrected chi connectivity index (χ3v) is 3.90. The highest BCUT2D eigenvalue weighted by molar-refractivity contribution is 5.67. The first-order valence-corrected chi connectivity index (χ1v) is 6.64. The summed E-state index contributed by atoms with van der Waals surface area (Å²) in [5.41, 5.74) is 0.700. The van der Waals surface area contributed by atoms with E-state index in [9.17, 15) is 9.18 Å². The van der Waals surface area contributed by atoms with Crippen LogP contribution in [-0.2, 0) is 4.79 Å². The monoisotopic (exact) mass is 250 g/mol. The third kappa shape index (κ3) is 3.09. The highest BCUT2D eigenvalue weighted by Gasteiger charge is 2.28. The van der Waals surface area contributed by atoms with Crippen molar-refractivity contribution >= 4 is 5.97 Å². The van der Waals surface area contributed by atoms with Crippen molar-refractivity contribution in [3.63, 3.8) is 0 Å². The lowest BCUT2D eigenvalue weighted by atomic mass is 9.80. The molecule has 98 valence electrons. The Hall–Kier alpha value is -1.38. The van der Waals surface area contributed by atoms with E-state index in [1.54, 1.807) is 12.1 Å². The summed E-state index contributed by atoms with van der Waals surface area (Å²) in [5, 5.41) is 9.00. The molecule has 0 radical (unpaired) electrons. The van der Waals surface area contributed by atoms with Crippen LogP contribution in [0.2, 0.25) is 0 Å². The number of halogens is 1. The van der Waals surface area contributed by atoms with Crippen molar-refractivity contribution < 1.29 is 14.3 Å². The lowest BCUT2D eigenvalue weighted by molar-refractivity contribution is -0.138. The van der Waals surface area contributed by atoms with Crippen LogP contribution in [0, 0.1) is 11.7 Å². The second kappa shape index (κ2) is 5.98. The fourth-order valence-corrected chi connectivity index (χ4v) is 3.04. The molecule has 2 atom stereocenters. The molecule has 2 rings (SSSR count). The summed E-state index contributed by atoms with van der Waals surface area (Å²) in [6.45, 7) is 0. The first kappa shape index (κ1) is 13.1. The topological polar surface area (TPSA) is 37.3 Å². The molecule has 0 aromatic heterocycles. The van der Waals surface area contributed by atoms with E-state index in [2.05, 4.69) is 0 Å². The predicted octanol–water partition coefficient (Wildman–Crippen LogP) is 3.96. The van der Waals surface area contributed by atoms with Crippen molar-refractivity contribution in [2.24, 2.45) is 5.92 Å². The minimum atomic E-state index is -0.775. The van der Waals surface area contributed by atoms with E-state index in [0.717, 1.165) is 32.1 Å². The fourth-order valence-electron chi connectivity index (χ4n) is 3.04. The zero-order valence-corrected chi connectivity index (χ0v) is 10.4. The fraction of sp³-hybridized carbons (Fsp3) is 0.533. The first-order chi connectivity index (χ1) is 8.68. The molecule has 1 saturated carbocycles. The van der Waals surface area contributed by atoms with Gasteiger partial charge < -0.3 is 5.11 Å². The van der Waals surface area contributed by atoms with Crippen molar-refractivity contribution in [3.8, 4) is 0 Å². The number of rotatable bonds is 3. The Morgan fingerprint density at radius 3 is 2.67 bits per heavy atom.